The number of fused-ring (bicyclic) bond motifs is 8. The quantitative estimate of drug-likeness (QED) is 0.0981. The van der Waals surface area contributed by atoms with Gasteiger partial charge in [0.1, 0.15) is 23.0 Å². The fourth-order valence-electron chi connectivity index (χ4n) is 10.8. The van der Waals surface area contributed by atoms with E-state index < -0.39 is 0 Å². The van der Waals surface area contributed by atoms with Crippen LogP contribution in [0.3, 0.4) is 0 Å². The normalized spacial score (nSPS) is 12.8. The number of H-pyrrole nitrogens is 2. The van der Waals surface area contributed by atoms with Gasteiger partial charge in [-0.2, -0.15) is 0 Å². The largest absolute Gasteiger partial charge is 0.507 e. The molecule has 0 unspecified atom stereocenters. The molecule has 0 atom stereocenters. The summed E-state index contributed by atoms with van der Waals surface area (Å²) < 4.78 is 0. The Morgan fingerprint density at radius 1 is 0.325 bits per heavy atom. The number of nitrogens with one attached hydrogen (secondary N) is 2. The minimum absolute atomic E-state index is 0.0961. The van der Waals surface area contributed by atoms with E-state index in [9.17, 15) is 20.4 Å². The lowest BCUT2D eigenvalue weighted by Gasteiger charge is -2.24. The fraction of sp³-hybridized carbons (Fsp3) is 0.222. The second kappa shape index (κ2) is 19.5. The predicted octanol–water partition coefficient (Wildman–Crippen LogP) is 18.7. The Morgan fingerprint density at radius 3 is 1.05 bits per heavy atom. The Bertz CT molecular complexity index is 3940. The van der Waals surface area contributed by atoms with E-state index in [1.807, 2.05) is 97.1 Å². The van der Waals surface area contributed by atoms with Crippen LogP contribution in [0.1, 0.15) is 128 Å². The first-order valence-corrected chi connectivity index (χ1v) is 27.5. The van der Waals surface area contributed by atoms with Gasteiger partial charge in [0.2, 0.25) is 0 Å². The number of phenolic OH excluding ortho intramolecular Hbond substituents is 4. The number of benzene rings is 6. The molecule has 0 aliphatic carbocycles. The fourth-order valence-corrected chi connectivity index (χ4v) is 10.8. The van der Waals surface area contributed by atoms with Crippen molar-refractivity contribution in [2.24, 2.45) is 0 Å². The van der Waals surface area contributed by atoms with Crippen LogP contribution < -0.4 is 0 Å². The van der Waals surface area contributed by atoms with Gasteiger partial charge in [-0.05, 0) is 188 Å². The highest BCUT2D eigenvalue weighted by molar-refractivity contribution is 5.96. The van der Waals surface area contributed by atoms with E-state index in [1.165, 1.54) is 0 Å². The van der Waals surface area contributed by atoms with E-state index in [2.05, 4.69) is 154 Å². The minimum Gasteiger partial charge on any atom is -0.507 e. The Morgan fingerprint density at radius 2 is 0.675 bits per heavy atom. The molecule has 8 bridgehead atoms. The Labute approximate surface area is 469 Å². The van der Waals surface area contributed by atoms with Crippen molar-refractivity contribution in [1.29, 1.82) is 0 Å². The van der Waals surface area contributed by atoms with Crippen LogP contribution in [0, 0.1) is 0 Å². The lowest BCUT2D eigenvalue weighted by molar-refractivity contribution is 0.468. The van der Waals surface area contributed by atoms with Crippen LogP contribution in [-0.2, 0) is 21.7 Å². The van der Waals surface area contributed by atoms with Crippen LogP contribution in [0.25, 0.3) is 113 Å². The van der Waals surface area contributed by atoms with Crippen LogP contribution in [0.2, 0.25) is 0 Å². The SMILES string of the molecule is CC(C)(C)c1ccc(O)c(-c2cc(C(C)(C)C)cc(-c3cccc(-c4c5nc(cc6ccc([nH]6)c(-c6cccc(-c7cc(C(C)(C)C)cc(-c8cc(C(C)(C)C)ccc8O)c7O)c6)c6nc(cc7ccc4[nH]7)C=C6)C=C5)c3)c2O)c1. The van der Waals surface area contributed by atoms with E-state index in [0.717, 1.165) is 100 Å². The number of hydrogen-bond donors (Lipinski definition) is 6. The lowest BCUT2D eigenvalue weighted by Crippen LogP contribution is -2.12. The minimum atomic E-state index is -0.267. The predicted molar refractivity (Wildman–Crippen MR) is 333 cm³/mol. The number of aromatic nitrogens is 4. The molecule has 0 amide bonds. The maximum absolute atomic E-state index is 12.3. The van der Waals surface area contributed by atoms with Crippen molar-refractivity contribution >= 4 is 46.4 Å². The molecule has 8 nitrogen and oxygen atoms in total. The summed E-state index contributed by atoms with van der Waals surface area (Å²) in [6.45, 7) is 25.8. The van der Waals surface area contributed by atoms with Crippen LogP contribution in [-0.4, -0.2) is 40.4 Å². The molecule has 5 heterocycles. The van der Waals surface area contributed by atoms with Crippen molar-refractivity contribution in [3.63, 3.8) is 0 Å². The number of rotatable bonds is 6. The van der Waals surface area contributed by atoms with Crippen molar-refractivity contribution < 1.29 is 20.4 Å². The zero-order valence-electron chi connectivity index (χ0n) is 47.8. The monoisotopic (exact) mass is 1050 g/mol. The van der Waals surface area contributed by atoms with Crippen molar-refractivity contribution in [1.82, 2.24) is 19.9 Å². The molecule has 6 N–H and O–H groups in total. The maximum atomic E-state index is 12.3. The van der Waals surface area contributed by atoms with Gasteiger partial charge in [0, 0.05) is 66.6 Å². The molecule has 6 aromatic carbocycles. The second-order valence-electron chi connectivity index (χ2n) is 25.7. The van der Waals surface area contributed by atoms with Crippen molar-refractivity contribution in [3.8, 4) is 89.8 Å². The van der Waals surface area contributed by atoms with Crippen molar-refractivity contribution in [2.75, 3.05) is 0 Å². The average molecular weight is 1060 g/mol. The first-order chi connectivity index (χ1) is 37.8. The highest BCUT2D eigenvalue weighted by Gasteiger charge is 2.27. The van der Waals surface area contributed by atoms with Crippen LogP contribution >= 0.6 is 0 Å². The lowest BCUT2D eigenvalue weighted by atomic mass is 9.81. The third kappa shape index (κ3) is 10.2. The van der Waals surface area contributed by atoms with E-state index >= 15 is 0 Å². The number of phenols is 4. The number of aromatic hydroxyl groups is 4. The second-order valence-corrected chi connectivity index (χ2v) is 25.7. The molecule has 9 aromatic rings. The van der Waals surface area contributed by atoms with Gasteiger partial charge in [-0.1, -0.05) is 132 Å². The molecule has 11 rings (SSSR count). The summed E-state index contributed by atoms with van der Waals surface area (Å²) in [5.74, 6) is 0.412. The summed E-state index contributed by atoms with van der Waals surface area (Å²) in [5.41, 5.74) is 18.7. The zero-order chi connectivity index (χ0) is 56.8. The van der Waals surface area contributed by atoms with Gasteiger partial charge in [-0.3, -0.25) is 0 Å². The van der Waals surface area contributed by atoms with Gasteiger partial charge >= 0.3 is 0 Å². The van der Waals surface area contributed by atoms with Gasteiger partial charge in [0.25, 0.3) is 0 Å². The van der Waals surface area contributed by atoms with Crippen LogP contribution in [0.5, 0.6) is 23.0 Å². The van der Waals surface area contributed by atoms with Crippen molar-refractivity contribution in [2.45, 2.75) is 105 Å². The summed E-state index contributed by atoms with van der Waals surface area (Å²) in [4.78, 5) is 17.9. The molecule has 0 saturated heterocycles. The van der Waals surface area contributed by atoms with Gasteiger partial charge in [-0.25, -0.2) is 9.97 Å². The highest BCUT2D eigenvalue weighted by Crippen LogP contribution is 2.49. The molecule has 8 heteroatoms. The summed E-state index contributed by atoms with van der Waals surface area (Å²) in [5, 5.41) is 47.3. The van der Waals surface area contributed by atoms with Crippen LogP contribution in [0.4, 0.5) is 0 Å². The number of aromatic amines is 2. The maximum Gasteiger partial charge on any atom is 0.131 e. The molecule has 0 fully saturated rings. The van der Waals surface area contributed by atoms with E-state index in [1.54, 1.807) is 12.1 Å². The standard InChI is InChI=1S/C72H70N4O4/c1-69(2,3)45-19-29-63(77)55(33-45)57-37-47(71(7,8)9)35-53(67(57)79)41-15-13-17-43(31-41)65-59-25-21-49(73-59)39-51-23-27-61(75-51)66(62-28-24-52(76-62)40-50-22-26-60(65)74-50)44-18-14-16-42(32-44)54-36-48(72(10,11)12)38-58(68(54)80)56-34-46(70(4,5)6)20-30-64(56)78/h13-40,73,76-80H,1-12H3. The molecule has 80 heavy (non-hydrogen) atoms. The zero-order valence-corrected chi connectivity index (χ0v) is 47.8. The number of nitrogens with zero attached hydrogens (tertiary/aromatic N) is 2. The van der Waals surface area contributed by atoms with Crippen LogP contribution in [0.15, 0.2) is 146 Å². The summed E-state index contributed by atoms with van der Waals surface area (Å²) in [6, 6.07) is 48.3. The Hall–Kier alpha value is -8.88. The third-order valence-electron chi connectivity index (χ3n) is 15.6. The van der Waals surface area contributed by atoms with Gasteiger partial charge in [0.05, 0.1) is 22.8 Å². The van der Waals surface area contributed by atoms with E-state index in [-0.39, 0.29) is 44.7 Å². The molecule has 0 radical (unpaired) electrons. The summed E-state index contributed by atoms with van der Waals surface area (Å²) in [7, 11) is 0. The summed E-state index contributed by atoms with van der Waals surface area (Å²) in [6.07, 6.45) is 8.15. The topological polar surface area (TPSA) is 138 Å². The molecule has 2 aliphatic heterocycles. The van der Waals surface area contributed by atoms with E-state index in [4.69, 9.17) is 9.97 Å². The smallest absolute Gasteiger partial charge is 0.131 e. The third-order valence-corrected chi connectivity index (χ3v) is 15.6. The average Bonchev–Trinajstić information content (AvgIpc) is 4.29. The Kier molecular flexibility index (Phi) is 12.9. The molecule has 0 saturated carbocycles. The van der Waals surface area contributed by atoms with Gasteiger partial charge < -0.3 is 30.4 Å². The summed E-state index contributed by atoms with van der Waals surface area (Å²) >= 11 is 0. The molecule has 402 valence electrons. The van der Waals surface area contributed by atoms with Gasteiger partial charge in [0.15, 0.2) is 0 Å². The molecular weight excluding hydrogens is 985 g/mol. The van der Waals surface area contributed by atoms with Gasteiger partial charge in [-0.15, -0.1) is 0 Å². The highest BCUT2D eigenvalue weighted by atomic mass is 16.3. The molecule has 0 spiro atoms. The first-order valence-electron chi connectivity index (χ1n) is 27.5. The first kappa shape index (κ1) is 53.1. The number of hydrogen-bond acceptors (Lipinski definition) is 6. The Balaban J connectivity index is 1.05. The molecule has 3 aromatic heterocycles. The van der Waals surface area contributed by atoms with E-state index in [0.29, 0.717) is 33.4 Å². The molecular formula is C72H70N4O4. The molecule has 2 aliphatic rings. The van der Waals surface area contributed by atoms with Crippen molar-refractivity contribution in [3.05, 3.63) is 191 Å².